The van der Waals surface area contributed by atoms with Crippen LogP contribution in [0.2, 0.25) is 0 Å². The highest BCUT2D eigenvalue weighted by atomic mass is 16.5. The molecule has 0 radical (unpaired) electrons. The molecule has 1 aliphatic rings. The predicted molar refractivity (Wildman–Crippen MR) is 71.0 cm³/mol. The summed E-state index contributed by atoms with van der Waals surface area (Å²) in [5, 5.41) is 0. The molecular formula is C15H23NO. The Morgan fingerprint density at radius 1 is 1.24 bits per heavy atom. The van der Waals surface area contributed by atoms with E-state index in [9.17, 15) is 0 Å². The molecule has 0 saturated heterocycles. The molecule has 0 bridgehead atoms. The molecule has 2 heteroatoms. The van der Waals surface area contributed by atoms with Gasteiger partial charge in [-0.2, -0.15) is 0 Å². The summed E-state index contributed by atoms with van der Waals surface area (Å²) in [5.74, 6) is 2.24. The summed E-state index contributed by atoms with van der Waals surface area (Å²) in [6, 6.07) is 8.25. The minimum Gasteiger partial charge on any atom is -0.497 e. The molecule has 0 heterocycles. The minimum atomic E-state index is -0.154. The normalized spacial score (nSPS) is 33.4. The summed E-state index contributed by atoms with van der Waals surface area (Å²) in [7, 11) is 1.69. The Bertz CT molecular complexity index is 373. The van der Waals surface area contributed by atoms with Crippen LogP contribution < -0.4 is 10.5 Å². The molecule has 3 unspecified atom stereocenters. The SMILES string of the molecule is COc1ccc(C2(N)CCC(C)CC2C)cc1. The van der Waals surface area contributed by atoms with Gasteiger partial charge in [-0.1, -0.05) is 26.0 Å². The van der Waals surface area contributed by atoms with E-state index in [1.807, 2.05) is 12.1 Å². The zero-order chi connectivity index (χ0) is 12.5. The molecule has 1 aromatic rings. The summed E-state index contributed by atoms with van der Waals surface area (Å²) >= 11 is 0. The first-order chi connectivity index (χ1) is 8.06. The van der Waals surface area contributed by atoms with Crippen LogP contribution in [0.15, 0.2) is 24.3 Å². The smallest absolute Gasteiger partial charge is 0.118 e. The van der Waals surface area contributed by atoms with Crippen molar-refractivity contribution < 1.29 is 4.74 Å². The molecule has 2 rings (SSSR count). The maximum Gasteiger partial charge on any atom is 0.118 e. The Morgan fingerprint density at radius 3 is 2.41 bits per heavy atom. The van der Waals surface area contributed by atoms with Crippen LogP contribution in [0.5, 0.6) is 5.75 Å². The second kappa shape index (κ2) is 4.69. The Labute approximate surface area is 104 Å². The minimum absolute atomic E-state index is 0.154. The number of hydrogen-bond acceptors (Lipinski definition) is 2. The lowest BCUT2D eigenvalue weighted by Gasteiger charge is -2.42. The Kier molecular flexibility index (Phi) is 3.43. The van der Waals surface area contributed by atoms with E-state index in [2.05, 4.69) is 26.0 Å². The quantitative estimate of drug-likeness (QED) is 0.850. The highest BCUT2D eigenvalue weighted by Crippen LogP contribution is 2.41. The van der Waals surface area contributed by atoms with Gasteiger partial charge in [0.15, 0.2) is 0 Å². The van der Waals surface area contributed by atoms with Crippen LogP contribution in [-0.2, 0) is 5.54 Å². The van der Waals surface area contributed by atoms with Gasteiger partial charge >= 0.3 is 0 Å². The largest absolute Gasteiger partial charge is 0.497 e. The average molecular weight is 233 g/mol. The number of hydrogen-bond donors (Lipinski definition) is 1. The van der Waals surface area contributed by atoms with Gasteiger partial charge in [0.25, 0.3) is 0 Å². The van der Waals surface area contributed by atoms with Gasteiger partial charge in [0, 0.05) is 5.54 Å². The zero-order valence-electron chi connectivity index (χ0n) is 11.1. The van der Waals surface area contributed by atoms with Crippen LogP contribution in [0.3, 0.4) is 0 Å². The topological polar surface area (TPSA) is 35.2 Å². The second-order valence-corrected chi connectivity index (χ2v) is 5.55. The van der Waals surface area contributed by atoms with E-state index in [1.54, 1.807) is 7.11 Å². The third kappa shape index (κ3) is 2.32. The monoisotopic (exact) mass is 233 g/mol. The summed E-state index contributed by atoms with van der Waals surface area (Å²) in [6.07, 6.45) is 3.54. The molecule has 1 saturated carbocycles. The molecule has 0 aliphatic heterocycles. The van der Waals surface area contributed by atoms with Crippen molar-refractivity contribution in [1.29, 1.82) is 0 Å². The lowest BCUT2D eigenvalue weighted by Crippen LogP contribution is -2.46. The van der Waals surface area contributed by atoms with Crippen molar-refractivity contribution in [3.63, 3.8) is 0 Å². The van der Waals surface area contributed by atoms with Gasteiger partial charge in [-0.05, 0) is 48.8 Å². The van der Waals surface area contributed by atoms with Gasteiger partial charge in [-0.25, -0.2) is 0 Å². The fourth-order valence-corrected chi connectivity index (χ4v) is 2.99. The van der Waals surface area contributed by atoms with Crippen molar-refractivity contribution in [1.82, 2.24) is 0 Å². The van der Waals surface area contributed by atoms with Gasteiger partial charge in [0.1, 0.15) is 5.75 Å². The summed E-state index contributed by atoms with van der Waals surface area (Å²) in [4.78, 5) is 0. The van der Waals surface area contributed by atoms with Gasteiger partial charge in [0.2, 0.25) is 0 Å². The molecule has 2 nitrogen and oxygen atoms in total. The van der Waals surface area contributed by atoms with Gasteiger partial charge in [-0.15, -0.1) is 0 Å². The molecule has 1 aromatic carbocycles. The van der Waals surface area contributed by atoms with Crippen LogP contribution in [0.4, 0.5) is 0 Å². The summed E-state index contributed by atoms with van der Waals surface area (Å²) < 4.78 is 5.19. The maximum absolute atomic E-state index is 6.64. The molecule has 0 spiro atoms. The molecule has 94 valence electrons. The maximum atomic E-state index is 6.64. The van der Waals surface area contributed by atoms with Gasteiger partial charge in [0.05, 0.1) is 7.11 Å². The van der Waals surface area contributed by atoms with E-state index in [1.165, 1.54) is 18.4 Å². The fourth-order valence-electron chi connectivity index (χ4n) is 2.99. The van der Waals surface area contributed by atoms with E-state index < -0.39 is 0 Å². The number of methoxy groups -OCH3 is 1. The fraction of sp³-hybridized carbons (Fsp3) is 0.600. The molecular weight excluding hydrogens is 210 g/mol. The Balaban J connectivity index is 2.24. The highest BCUT2D eigenvalue weighted by Gasteiger charge is 2.37. The van der Waals surface area contributed by atoms with E-state index >= 15 is 0 Å². The lowest BCUT2D eigenvalue weighted by molar-refractivity contribution is 0.164. The van der Waals surface area contributed by atoms with E-state index in [-0.39, 0.29) is 5.54 Å². The molecule has 0 aromatic heterocycles. The van der Waals surface area contributed by atoms with Crippen molar-refractivity contribution in [2.45, 2.75) is 38.6 Å². The van der Waals surface area contributed by atoms with Crippen molar-refractivity contribution in [2.24, 2.45) is 17.6 Å². The van der Waals surface area contributed by atoms with E-state index in [0.29, 0.717) is 5.92 Å². The molecule has 3 atom stereocenters. The van der Waals surface area contributed by atoms with Crippen molar-refractivity contribution in [3.8, 4) is 5.75 Å². The third-order valence-corrected chi connectivity index (χ3v) is 4.31. The van der Waals surface area contributed by atoms with Crippen LogP contribution in [0.25, 0.3) is 0 Å². The number of rotatable bonds is 2. The number of benzene rings is 1. The van der Waals surface area contributed by atoms with Gasteiger partial charge < -0.3 is 10.5 Å². The molecule has 1 aliphatic carbocycles. The predicted octanol–water partition coefficient (Wildman–Crippen LogP) is 3.31. The third-order valence-electron chi connectivity index (χ3n) is 4.31. The highest BCUT2D eigenvalue weighted by molar-refractivity contribution is 5.32. The van der Waals surface area contributed by atoms with Gasteiger partial charge in [-0.3, -0.25) is 0 Å². The van der Waals surface area contributed by atoms with Crippen LogP contribution >= 0.6 is 0 Å². The Morgan fingerprint density at radius 2 is 1.88 bits per heavy atom. The molecule has 0 amide bonds. The molecule has 17 heavy (non-hydrogen) atoms. The summed E-state index contributed by atoms with van der Waals surface area (Å²) in [5.41, 5.74) is 7.73. The van der Waals surface area contributed by atoms with E-state index in [0.717, 1.165) is 18.1 Å². The molecule has 2 N–H and O–H groups in total. The van der Waals surface area contributed by atoms with Crippen LogP contribution in [0, 0.1) is 11.8 Å². The first-order valence-electron chi connectivity index (χ1n) is 6.49. The first kappa shape index (κ1) is 12.4. The Hall–Kier alpha value is -1.02. The zero-order valence-corrected chi connectivity index (χ0v) is 11.1. The number of nitrogens with two attached hydrogens (primary N) is 1. The van der Waals surface area contributed by atoms with E-state index in [4.69, 9.17) is 10.5 Å². The number of ether oxygens (including phenoxy) is 1. The first-order valence-corrected chi connectivity index (χ1v) is 6.49. The lowest BCUT2D eigenvalue weighted by atomic mass is 9.67. The van der Waals surface area contributed by atoms with Crippen molar-refractivity contribution in [3.05, 3.63) is 29.8 Å². The second-order valence-electron chi connectivity index (χ2n) is 5.55. The average Bonchev–Trinajstić information content (AvgIpc) is 2.34. The standard InChI is InChI=1S/C15H23NO/c1-11-8-9-15(16,12(2)10-11)13-4-6-14(17-3)7-5-13/h4-7,11-12H,8-10,16H2,1-3H3. The molecule has 1 fully saturated rings. The summed E-state index contributed by atoms with van der Waals surface area (Å²) in [6.45, 7) is 4.60. The van der Waals surface area contributed by atoms with Crippen molar-refractivity contribution in [2.75, 3.05) is 7.11 Å². The van der Waals surface area contributed by atoms with Crippen molar-refractivity contribution >= 4 is 0 Å². The van der Waals surface area contributed by atoms with Crippen LogP contribution in [0.1, 0.15) is 38.7 Å². The van der Waals surface area contributed by atoms with Crippen LogP contribution in [-0.4, -0.2) is 7.11 Å².